The van der Waals surface area contributed by atoms with Gasteiger partial charge < -0.3 is 0 Å². The van der Waals surface area contributed by atoms with Crippen molar-refractivity contribution in [2.75, 3.05) is 7.05 Å². The van der Waals surface area contributed by atoms with Crippen LogP contribution in [0.1, 0.15) is 18.5 Å². The maximum atomic E-state index is 14.3. The summed E-state index contributed by atoms with van der Waals surface area (Å²) in [7, 11) is -0.744. The number of hydrogen-bond acceptors (Lipinski definition) is 1. The predicted molar refractivity (Wildman–Crippen MR) is 101 cm³/mol. The van der Waals surface area contributed by atoms with Gasteiger partial charge in [-0.15, -0.1) is 0 Å². The van der Waals surface area contributed by atoms with Gasteiger partial charge in [0, 0.05) is 16.5 Å². The van der Waals surface area contributed by atoms with Gasteiger partial charge in [0.05, 0.1) is 6.04 Å². The van der Waals surface area contributed by atoms with Crippen molar-refractivity contribution in [2.45, 2.75) is 13.0 Å². The van der Waals surface area contributed by atoms with Crippen LogP contribution in [-0.4, -0.2) is 11.7 Å². The molecule has 0 N–H and O–H groups in total. The van der Waals surface area contributed by atoms with Gasteiger partial charge >= 0.3 is 0 Å². The van der Waals surface area contributed by atoms with Gasteiger partial charge in [-0.1, -0.05) is 73.7 Å². The van der Waals surface area contributed by atoms with Crippen LogP contribution in [0.4, 0.5) is 0 Å². The van der Waals surface area contributed by atoms with Gasteiger partial charge in [0.1, 0.15) is 0 Å². The molecule has 4 atom stereocenters. The zero-order valence-electron chi connectivity index (χ0n) is 14.0. The van der Waals surface area contributed by atoms with Crippen LogP contribution < -0.4 is 5.30 Å². The Morgan fingerprint density at radius 1 is 0.917 bits per heavy atom. The van der Waals surface area contributed by atoms with Crippen molar-refractivity contribution < 1.29 is 4.57 Å². The van der Waals surface area contributed by atoms with Gasteiger partial charge in [-0.3, -0.25) is 4.57 Å². The largest absolute Gasteiger partial charge is 0.297 e. The zero-order valence-corrected chi connectivity index (χ0v) is 14.9. The molecule has 122 valence electrons. The van der Waals surface area contributed by atoms with E-state index in [1.165, 1.54) is 5.56 Å². The maximum absolute atomic E-state index is 14.3. The van der Waals surface area contributed by atoms with Crippen molar-refractivity contribution >= 4 is 12.6 Å². The third-order valence-corrected chi connectivity index (χ3v) is 8.46. The smallest absolute Gasteiger partial charge is 0.203 e. The van der Waals surface area contributed by atoms with Gasteiger partial charge in [0.25, 0.3) is 0 Å². The van der Waals surface area contributed by atoms with Gasteiger partial charge in [-0.05, 0) is 30.7 Å². The molecule has 0 spiro atoms. The Balaban J connectivity index is 1.91. The average Bonchev–Trinajstić information content (AvgIpc) is 2.85. The molecule has 1 unspecified atom stereocenters. The lowest BCUT2D eigenvalue weighted by atomic mass is 9.87. The highest BCUT2D eigenvalue weighted by atomic mass is 31.2. The van der Waals surface area contributed by atoms with Gasteiger partial charge in [-0.25, -0.2) is 4.67 Å². The Kier molecular flexibility index (Phi) is 3.83. The van der Waals surface area contributed by atoms with Crippen LogP contribution in [0, 0.1) is 11.8 Å². The van der Waals surface area contributed by atoms with Crippen LogP contribution in [0.2, 0.25) is 0 Å². The minimum atomic E-state index is -2.76. The first-order valence-electron chi connectivity index (χ1n) is 8.47. The van der Waals surface area contributed by atoms with E-state index in [2.05, 4.69) is 54.1 Å². The molecule has 2 aliphatic rings. The van der Waals surface area contributed by atoms with E-state index in [0.717, 1.165) is 10.6 Å². The summed E-state index contributed by atoms with van der Waals surface area (Å²) in [5.74, 6) is 0.510. The third kappa shape index (κ3) is 2.25. The quantitative estimate of drug-likeness (QED) is 0.570. The fourth-order valence-electron chi connectivity index (χ4n) is 4.02. The number of hydrogen-bond donors (Lipinski definition) is 0. The zero-order chi connectivity index (χ0) is 16.7. The lowest BCUT2D eigenvalue weighted by Gasteiger charge is -2.26. The SMILES string of the molecule is C[C@@H]1C=C[C@H]2C(=C1)P(=O)(c1ccccc1)N(C)[C@@H]2c1ccccc1. The minimum absolute atomic E-state index is 0.118. The highest BCUT2D eigenvalue weighted by molar-refractivity contribution is 7.73. The van der Waals surface area contributed by atoms with Crippen LogP contribution in [0.15, 0.2) is 84.2 Å². The molecule has 1 fully saturated rings. The summed E-state index contributed by atoms with van der Waals surface area (Å²) in [6, 6.07) is 20.5. The molecule has 2 aromatic rings. The summed E-state index contributed by atoms with van der Waals surface area (Å²) in [4.78, 5) is 0. The fraction of sp³-hybridized carbons (Fsp3) is 0.238. The second-order valence-electron chi connectivity index (χ2n) is 6.70. The van der Waals surface area contributed by atoms with Crippen LogP contribution in [0.3, 0.4) is 0 Å². The molecule has 1 aliphatic heterocycles. The van der Waals surface area contributed by atoms with Gasteiger partial charge in [0.15, 0.2) is 0 Å². The summed E-state index contributed by atoms with van der Waals surface area (Å²) in [5.41, 5.74) is 1.23. The second-order valence-corrected chi connectivity index (χ2v) is 9.52. The summed E-state index contributed by atoms with van der Waals surface area (Å²) in [5, 5.41) is 2.03. The normalized spacial score (nSPS) is 32.4. The van der Waals surface area contributed by atoms with Gasteiger partial charge in [0.2, 0.25) is 7.29 Å². The lowest BCUT2D eigenvalue weighted by Crippen LogP contribution is -2.21. The Hall–Kier alpha value is -1.89. The van der Waals surface area contributed by atoms with E-state index < -0.39 is 7.29 Å². The molecule has 0 saturated carbocycles. The van der Waals surface area contributed by atoms with E-state index in [1.807, 2.05) is 43.4 Å². The molecule has 0 radical (unpaired) electrons. The molecule has 3 heteroatoms. The monoisotopic (exact) mass is 335 g/mol. The summed E-state index contributed by atoms with van der Waals surface area (Å²) < 4.78 is 16.4. The molecule has 4 rings (SSSR count). The van der Waals surface area contributed by atoms with Crippen molar-refractivity contribution in [2.24, 2.45) is 11.8 Å². The topological polar surface area (TPSA) is 20.3 Å². The van der Waals surface area contributed by atoms with Crippen molar-refractivity contribution in [3.05, 3.63) is 89.8 Å². The molecule has 0 amide bonds. The molecule has 2 nitrogen and oxygen atoms in total. The highest BCUT2D eigenvalue weighted by Gasteiger charge is 2.51. The first kappa shape index (κ1) is 15.6. The van der Waals surface area contributed by atoms with Crippen molar-refractivity contribution in [3.8, 4) is 0 Å². The van der Waals surface area contributed by atoms with Gasteiger partial charge in [-0.2, -0.15) is 0 Å². The first-order valence-corrected chi connectivity index (χ1v) is 10.1. The lowest BCUT2D eigenvalue weighted by molar-refractivity contribution is 0.371. The second kappa shape index (κ2) is 5.88. The Morgan fingerprint density at radius 3 is 2.21 bits per heavy atom. The molecular weight excluding hydrogens is 313 g/mol. The number of fused-ring (bicyclic) bond motifs is 1. The van der Waals surface area contributed by atoms with Crippen molar-refractivity contribution in [1.29, 1.82) is 0 Å². The predicted octanol–water partition coefficient (Wildman–Crippen LogP) is 4.98. The molecular formula is C21H22NOP. The number of allylic oxidation sites excluding steroid dienone is 2. The molecule has 1 heterocycles. The highest BCUT2D eigenvalue weighted by Crippen LogP contribution is 2.70. The standard InChI is InChI=1S/C21H22NOP/c1-16-13-14-19-20(15-16)24(23,18-11-7-4-8-12-18)22(2)21(19)17-9-5-3-6-10-17/h3-16,19,21H,1-2H3/t16-,19+,21-,24?/m1/s1. The van der Waals surface area contributed by atoms with E-state index in [4.69, 9.17) is 0 Å². The number of nitrogens with zero attached hydrogens (tertiary/aromatic N) is 1. The molecule has 2 aromatic carbocycles. The molecule has 0 aromatic heterocycles. The molecule has 1 saturated heterocycles. The first-order chi connectivity index (χ1) is 11.6. The van der Waals surface area contributed by atoms with Crippen molar-refractivity contribution in [1.82, 2.24) is 4.67 Å². The van der Waals surface area contributed by atoms with Crippen molar-refractivity contribution in [3.63, 3.8) is 0 Å². The van der Waals surface area contributed by atoms with E-state index in [1.54, 1.807) is 0 Å². The van der Waals surface area contributed by atoms with E-state index in [0.29, 0.717) is 5.92 Å². The van der Waals surface area contributed by atoms with E-state index in [-0.39, 0.29) is 12.0 Å². The molecule has 0 bridgehead atoms. The number of rotatable bonds is 2. The van der Waals surface area contributed by atoms with Crippen LogP contribution in [0.5, 0.6) is 0 Å². The summed E-state index contributed by atoms with van der Waals surface area (Å²) >= 11 is 0. The minimum Gasteiger partial charge on any atom is -0.297 e. The Morgan fingerprint density at radius 2 is 1.54 bits per heavy atom. The van der Waals surface area contributed by atoms with Crippen LogP contribution in [-0.2, 0) is 4.57 Å². The third-order valence-electron chi connectivity index (χ3n) is 5.18. The Bertz CT molecular complexity index is 841. The van der Waals surface area contributed by atoms with E-state index >= 15 is 0 Å². The molecule has 24 heavy (non-hydrogen) atoms. The summed E-state index contributed by atoms with van der Waals surface area (Å²) in [6.45, 7) is 2.16. The molecule has 1 aliphatic carbocycles. The number of benzene rings is 2. The fourth-order valence-corrected chi connectivity index (χ4v) is 7.32. The van der Waals surface area contributed by atoms with Crippen LogP contribution in [0.25, 0.3) is 0 Å². The van der Waals surface area contributed by atoms with E-state index in [9.17, 15) is 4.57 Å². The maximum Gasteiger partial charge on any atom is 0.203 e. The Labute approximate surface area is 143 Å². The summed E-state index contributed by atoms with van der Waals surface area (Å²) in [6.07, 6.45) is 6.72. The average molecular weight is 335 g/mol. The van der Waals surface area contributed by atoms with Crippen LogP contribution >= 0.6 is 7.29 Å².